The van der Waals surface area contributed by atoms with E-state index in [0.717, 1.165) is 32.0 Å². The standard InChI is InChI=1S/C13H17N3O5/c17-15(18)12-2-1-11(13(7-12)16(19)20)9-21-8-10-3-5-14-6-4-10/h1-2,7,10,14H,3-6,8-9H2. The summed E-state index contributed by atoms with van der Waals surface area (Å²) in [5, 5.41) is 24.9. The molecule has 0 spiro atoms. The van der Waals surface area contributed by atoms with Crippen LogP contribution in [0, 0.1) is 26.1 Å². The molecule has 114 valence electrons. The third kappa shape index (κ3) is 4.20. The molecule has 8 nitrogen and oxygen atoms in total. The normalized spacial score (nSPS) is 15.8. The summed E-state index contributed by atoms with van der Waals surface area (Å²) in [7, 11) is 0. The second-order valence-electron chi connectivity index (χ2n) is 5.04. The first-order chi connectivity index (χ1) is 10.1. The minimum Gasteiger partial charge on any atom is -0.376 e. The lowest BCUT2D eigenvalue weighted by Crippen LogP contribution is -2.29. The van der Waals surface area contributed by atoms with Gasteiger partial charge in [-0.2, -0.15) is 0 Å². The first kappa shape index (κ1) is 15.3. The number of piperidine rings is 1. The molecule has 0 amide bonds. The fourth-order valence-corrected chi connectivity index (χ4v) is 2.34. The first-order valence-corrected chi connectivity index (χ1v) is 6.78. The summed E-state index contributed by atoms with van der Waals surface area (Å²) in [6, 6.07) is 3.62. The molecule has 0 atom stereocenters. The number of rotatable bonds is 6. The zero-order valence-electron chi connectivity index (χ0n) is 11.5. The Labute approximate surface area is 121 Å². The largest absolute Gasteiger partial charge is 0.376 e. The summed E-state index contributed by atoms with van der Waals surface area (Å²) in [4.78, 5) is 20.4. The summed E-state index contributed by atoms with van der Waals surface area (Å²) in [5.74, 6) is 0.461. The van der Waals surface area contributed by atoms with E-state index in [1.165, 1.54) is 12.1 Å². The number of non-ortho nitro benzene ring substituents is 1. The lowest BCUT2D eigenvalue weighted by atomic mass is 9.99. The van der Waals surface area contributed by atoms with Crippen LogP contribution >= 0.6 is 0 Å². The zero-order valence-corrected chi connectivity index (χ0v) is 11.5. The Balaban J connectivity index is 1.98. The fourth-order valence-electron chi connectivity index (χ4n) is 2.34. The van der Waals surface area contributed by atoms with Crippen molar-refractivity contribution in [3.05, 3.63) is 44.0 Å². The molecule has 1 aliphatic heterocycles. The van der Waals surface area contributed by atoms with Gasteiger partial charge in [-0.25, -0.2) is 0 Å². The van der Waals surface area contributed by atoms with Crippen molar-refractivity contribution in [3.63, 3.8) is 0 Å². The maximum atomic E-state index is 11.0. The number of hydrogen-bond acceptors (Lipinski definition) is 6. The predicted octanol–water partition coefficient (Wildman–Crippen LogP) is 2.02. The second kappa shape index (κ2) is 7.09. The van der Waals surface area contributed by atoms with Crippen LogP contribution in [-0.4, -0.2) is 29.5 Å². The van der Waals surface area contributed by atoms with Gasteiger partial charge in [0.2, 0.25) is 0 Å². The molecule has 8 heteroatoms. The Hall–Kier alpha value is -2.06. The molecule has 1 saturated heterocycles. The summed E-state index contributed by atoms with van der Waals surface area (Å²) >= 11 is 0. The minimum atomic E-state index is -0.646. The van der Waals surface area contributed by atoms with Gasteiger partial charge in [-0.05, 0) is 37.9 Å². The van der Waals surface area contributed by atoms with E-state index in [4.69, 9.17) is 4.74 Å². The number of nitrogens with one attached hydrogen (secondary N) is 1. The van der Waals surface area contributed by atoms with Gasteiger partial charge in [0, 0.05) is 12.7 Å². The van der Waals surface area contributed by atoms with Gasteiger partial charge in [0.05, 0.1) is 28.1 Å². The number of nitro groups is 2. The average molecular weight is 295 g/mol. The lowest BCUT2D eigenvalue weighted by Gasteiger charge is -2.22. The Morgan fingerprint density at radius 2 is 1.90 bits per heavy atom. The molecule has 21 heavy (non-hydrogen) atoms. The SMILES string of the molecule is O=[N+]([O-])c1ccc(COCC2CCNCC2)c([N+](=O)[O-])c1. The van der Waals surface area contributed by atoms with Gasteiger partial charge < -0.3 is 10.1 Å². The van der Waals surface area contributed by atoms with Gasteiger partial charge in [-0.1, -0.05) is 0 Å². The molecule has 1 heterocycles. The molecule has 0 bridgehead atoms. The first-order valence-electron chi connectivity index (χ1n) is 6.78. The molecule has 1 aromatic rings. The Kier molecular flexibility index (Phi) is 5.18. The topological polar surface area (TPSA) is 108 Å². The van der Waals surface area contributed by atoms with Crippen molar-refractivity contribution in [2.45, 2.75) is 19.4 Å². The minimum absolute atomic E-state index is 0.0955. The van der Waals surface area contributed by atoms with Crippen LogP contribution < -0.4 is 5.32 Å². The van der Waals surface area contributed by atoms with E-state index in [9.17, 15) is 20.2 Å². The molecular formula is C13H17N3O5. The highest BCUT2D eigenvalue weighted by atomic mass is 16.6. The monoisotopic (exact) mass is 295 g/mol. The van der Waals surface area contributed by atoms with Crippen molar-refractivity contribution in [1.82, 2.24) is 5.32 Å². The maximum Gasteiger partial charge on any atom is 0.281 e. The molecular weight excluding hydrogens is 278 g/mol. The Morgan fingerprint density at radius 3 is 2.52 bits per heavy atom. The molecule has 0 aliphatic carbocycles. The predicted molar refractivity (Wildman–Crippen MR) is 75.0 cm³/mol. The Bertz CT molecular complexity index is 529. The van der Waals surface area contributed by atoms with Crippen molar-refractivity contribution in [2.24, 2.45) is 5.92 Å². The van der Waals surface area contributed by atoms with Gasteiger partial charge in [0.1, 0.15) is 0 Å². The van der Waals surface area contributed by atoms with Gasteiger partial charge in [-0.15, -0.1) is 0 Å². The number of ether oxygens (including phenoxy) is 1. The second-order valence-corrected chi connectivity index (χ2v) is 5.04. The highest BCUT2D eigenvalue weighted by Gasteiger charge is 2.20. The molecule has 0 unspecified atom stereocenters. The number of nitrogens with zero attached hydrogens (tertiary/aromatic N) is 2. The smallest absolute Gasteiger partial charge is 0.281 e. The third-order valence-electron chi connectivity index (χ3n) is 3.55. The van der Waals surface area contributed by atoms with Gasteiger partial charge >= 0.3 is 0 Å². The summed E-state index contributed by atoms with van der Waals surface area (Å²) in [5.41, 5.74) is -0.196. The van der Waals surface area contributed by atoms with E-state index in [2.05, 4.69) is 5.32 Å². The van der Waals surface area contributed by atoms with Crippen LogP contribution in [0.4, 0.5) is 11.4 Å². The number of hydrogen-bond donors (Lipinski definition) is 1. The summed E-state index contributed by atoms with van der Waals surface area (Å²) in [6.45, 7) is 2.57. The molecule has 0 radical (unpaired) electrons. The molecule has 2 rings (SSSR count). The molecule has 0 aromatic heterocycles. The van der Waals surface area contributed by atoms with Gasteiger partial charge in [0.25, 0.3) is 11.4 Å². The lowest BCUT2D eigenvalue weighted by molar-refractivity contribution is -0.394. The molecule has 1 N–H and O–H groups in total. The van der Waals surface area contributed by atoms with Crippen molar-refractivity contribution in [1.29, 1.82) is 0 Å². The van der Waals surface area contributed by atoms with Gasteiger partial charge in [0.15, 0.2) is 0 Å². The quantitative estimate of drug-likeness (QED) is 0.635. The average Bonchev–Trinajstić information content (AvgIpc) is 2.48. The van der Waals surface area contributed by atoms with E-state index in [1.807, 2.05) is 0 Å². The van der Waals surface area contributed by atoms with Crippen molar-refractivity contribution >= 4 is 11.4 Å². The fraction of sp³-hybridized carbons (Fsp3) is 0.538. The summed E-state index contributed by atoms with van der Waals surface area (Å²) in [6.07, 6.45) is 2.06. The van der Waals surface area contributed by atoms with Crippen LogP contribution in [0.3, 0.4) is 0 Å². The zero-order chi connectivity index (χ0) is 15.2. The van der Waals surface area contributed by atoms with Crippen molar-refractivity contribution < 1.29 is 14.6 Å². The van der Waals surface area contributed by atoms with E-state index in [1.54, 1.807) is 0 Å². The van der Waals surface area contributed by atoms with Crippen LogP contribution in [0.5, 0.6) is 0 Å². The van der Waals surface area contributed by atoms with Crippen molar-refractivity contribution in [2.75, 3.05) is 19.7 Å². The van der Waals surface area contributed by atoms with Crippen LogP contribution in [0.15, 0.2) is 18.2 Å². The number of nitro benzene ring substituents is 2. The third-order valence-corrected chi connectivity index (χ3v) is 3.55. The van der Waals surface area contributed by atoms with Crippen LogP contribution in [0.2, 0.25) is 0 Å². The highest BCUT2D eigenvalue weighted by Crippen LogP contribution is 2.25. The van der Waals surface area contributed by atoms with Gasteiger partial charge in [-0.3, -0.25) is 20.2 Å². The Morgan fingerprint density at radius 1 is 1.19 bits per heavy atom. The van der Waals surface area contributed by atoms with Crippen LogP contribution in [0.25, 0.3) is 0 Å². The molecule has 1 aromatic carbocycles. The molecule has 0 saturated carbocycles. The maximum absolute atomic E-state index is 11.0. The van der Waals surface area contributed by atoms with E-state index in [-0.39, 0.29) is 18.0 Å². The summed E-state index contributed by atoms with van der Waals surface area (Å²) < 4.78 is 5.55. The molecule has 1 fully saturated rings. The van der Waals surface area contributed by atoms with E-state index in [0.29, 0.717) is 18.1 Å². The van der Waals surface area contributed by atoms with Crippen LogP contribution in [-0.2, 0) is 11.3 Å². The van der Waals surface area contributed by atoms with E-state index < -0.39 is 9.85 Å². The van der Waals surface area contributed by atoms with E-state index >= 15 is 0 Å². The number of benzene rings is 1. The van der Waals surface area contributed by atoms with Crippen LogP contribution in [0.1, 0.15) is 18.4 Å². The molecule has 1 aliphatic rings. The highest BCUT2D eigenvalue weighted by molar-refractivity contribution is 5.48. The van der Waals surface area contributed by atoms with Crippen molar-refractivity contribution in [3.8, 4) is 0 Å².